The van der Waals surface area contributed by atoms with E-state index in [2.05, 4.69) is 71.9 Å². The highest BCUT2D eigenvalue weighted by Gasteiger charge is 2.17. The quantitative estimate of drug-likeness (QED) is 0.309. The molecule has 30 heavy (non-hydrogen) atoms. The Hall–Kier alpha value is -1.80. The predicted molar refractivity (Wildman–Crippen MR) is 134 cm³/mol. The van der Waals surface area contributed by atoms with Gasteiger partial charge in [0.15, 0.2) is 5.96 Å². The SMILES string of the molecule is CN=C(NCCc1cccc(C)c1)NCc1ccc(C)cc1OCC1CCOC1.I. The molecule has 2 aromatic carbocycles. The minimum atomic E-state index is 0. The lowest BCUT2D eigenvalue weighted by atomic mass is 10.1. The Balaban J connectivity index is 0.00000320. The number of ether oxygens (including phenoxy) is 2. The summed E-state index contributed by atoms with van der Waals surface area (Å²) in [6.07, 6.45) is 2.04. The summed E-state index contributed by atoms with van der Waals surface area (Å²) in [5.41, 5.74) is 4.96. The van der Waals surface area contributed by atoms with Crippen LogP contribution < -0.4 is 15.4 Å². The third kappa shape index (κ3) is 7.80. The molecule has 1 atom stereocenters. The molecule has 0 spiro atoms. The van der Waals surface area contributed by atoms with Crippen molar-refractivity contribution in [3.8, 4) is 5.75 Å². The van der Waals surface area contributed by atoms with Gasteiger partial charge in [-0.1, -0.05) is 42.0 Å². The average molecular weight is 523 g/mol. The van der Waals surface area contributed by atoms with Crippen LogP contribution in [0.5, 0.6) is 5.75 Å². The molecule has 2 N–H and O–H groups in total. The zero-order valence-electron chi connectivity index (χ0n) is 18.2. The zero-order chi connectivity index (χ0) is 20.5. The molecule has 3 rings (SSSR count). The summed E-state index contributed by atoms with van der Waals surface area (Å²) in [7, 11) is 1.80. The fourth-order valence-electron chi connectivity index (χ4n) is 3.46. The minimum Gasteiger partial charge on any atom is -0.493 e. The van der Waals surface area contributed by atoms with Gasteiger partial charge >= 0.3 is 0 Å². The standard InChI is InChI=1S/C24H33N3O2.HI/c1-18-5-4-6-20(13-18)9-11-26-24(25-3)27-15-22-8-7-19(2)14-23(22)29-17-21-10-12-28-16-21;/h4-8,13-14,21H,9-12,15-17H2,1-3H3,(H2,25,26,27);1H. The summed E-state index contributed by atoms with van der Waals surface area (Å²) >= 11 is 0. The van der Waals surface area contributed by atoms with E-state index in [4.69, 9.17) is 9.47 Å². The molecular weight excluding hydrogens is 489 g/mol. The van der Waals surface area contributed by atoms with Gasteiger partial charge in [-0.3, -0.25) is 4.99 Å². The number of nitrogens with one attached hydrogen (secondary N) is 2. The van der Waals surface area contributed by atoms with Crippen LogP contribution in [0.25, 0.3) is 0 Å². The van der Waals surface area contributed by atoms with Gasteiger partial charge in [0.25, 0.3) is 0 Å². The van der Waals surface area contributed by atoms with Crippen LogP contribution in [0.4, 0.5) is 0 Å². The van der Waals surface area contributed by atoms with Gasteiger partial charge in [-0.05, 0) is 43.9 Å². The number of halogens is 1. The van der Waals surface area contributed by atoms with E-state index in [1.807, 2.05) is 0 Å². The van der Waals surface area contributed by atoms with Crippen molar-refractivity contribution in [3.63, 3.8) is 0 Å². The topological polar surface area (TPSA) is 54.9 Å². The van der Waals surface area contributed by atoms with E-state index in [1.165, 1.54) is 16.7 Å². The molecule has 1 heterocycles. The number of benzene rings is 2. The number of hydrogen-bond acceptors (Lipinski definition) is 3. The van der Waals surface area contributed by atoms with Crippen molar-refractivity contribution in [2.45, 2.75) is 33.2 Å². The van der Waals surface area contributed by atoms with Crippen molar-refractivity contribution in [2.75, 3.05) is 33.4 Å². The van der Waals surface area contributed by atoms with E-state index in [0.29, 0.717) is 19.1 Å². The maximum absolute atomic E-state index is 6.14. The largest absolute Gasteiger partial charge is 0.493 e. The van der Waals surface area contributed by atoms with Crippen LogP contribution in [-0.4, -0.2) is 39.4 Å². The molecular formula is C24H34IN3O2. The van der Waals surface area contributed by atoms with Crippen LogP contribution in [0.3, 0.4) is 0 Å². The number of rotatable bonds is 8. The Bertz CT molecular complexity index is 820. The van der Waals surface area contributed by atoms with Crippen LogP contribution >= 0.6 is 24.0 Å². The van der Waals surface area contributed by atoms with Crippen molar-refractivity contribution < 1.29 is 9.47 Å². The molecule has 0 aromatic heterocycles. The summed E-state index contributed by atoms with van der Waals surface area (Å²) in [5, 5.41) is 6.80. The van der Waals surface area contributed by atoms with Gasteiger partial charge in [-0.15, -0.1) is 24.0 Å². The molecule has 0 bridgehead atoms. The summed E-state index contributed by atoms with van der Waals surface area (Å²) in [6.45, 7) is 8.08. The Labute approximate surface area is 197 Å². The van der Waals surface area contributed by atoms with Crippen molar-refractivity contribution >= 4 is 29.9 Å². The molecule has 5 nitrogen and oxygen atoms in total. The molecule has 1 saturated heterocycles. The fraction of sp³-hybridized carbons (Fsp3) is 0.458. The molecule has 164 valence electrons. The maximum Gasteiger partial charge on any atom is 0.191 e. The Kier molecular flexibility index (Phi) is 10.4. The van der Waals surface area contributed by atoms with E-state index in [1.54, 1.807) is 7.05 Å². The van der Waals surface area contributed by atoms with Gasteiger partial charge in [0.05, 0.1) is 13.2 Å². The number of aryl methyl sites for hydroxylation is 2. The molecule has 1 unspecified atom stereocenters. The normalized spacial score (nSPS) is 16.1. The van der Waals surface area contributed by atoms with Crippen LogP contribution in [-0.2, 0) is 17.7 Å². The molecule has 6 heteroatoms. The third-order valence-electron chi connectivity index (χ3n) is 5.18. The van der Waals surface area contributed by atoms with Gasteiger partial charge in [0, 0.05) is 38.2 Å². The highest BCUT2D eigenvalue weighted by molar-refractivity contribution is 14.0. The zero-order valence-corrected chi connectivity index (χ0v) is 20.6. The lowest BCUT2D eigenvalue weighted by molar-refractivity contribution is 0.166. The number of nitrogens with zero attached hydrogens (tertiary/aromatic N) is 1. The first-order valence-electron chi connectivity index (χ1n) is 10.4. The number of guanidine groups is 1. The van der Waals surface area contributed by atoms with Gasteiger partial charge in [-0.25, -0.2) is 0 Å². The second-order valence-electron chi connectivity index (χ2n) is 7.74. The van der Waals surface area contributed by atoms with Crippen LogP contribution in [0.1, 0.15) is 28.7 Å². The second kappa shape index (κ2) is 12.8. The predicted octanol–water partition coefficient (Wildman–Crippen LogP) is 4.24. The third-order valence-corrected chi connectivity index (χ3v) is 5.18. The highest BCUT2D eigenvalue weighted by Crippen LogP contribution is 2.22. The van der Waals surface area contributed by atoms with Crippen LogP contribution in [0, 0.1) is 19.8 Å². The lowest BCUT2D eigenvalue weighted by Gasteiger charge is -2.17. The van der Waals surface area contributed by atoms with Crippen molar-refractivity contribution in [1.82, 2.24) is 10.6 Å². The van der Waals surface area contributed by atoms with Gasteiger partial charge in [-0.2, -0.15) is 0 Å². The minimum absolute atomic E-state index is 0. The van der Waals surface area contributed by atoms with Crippen molar-refractivity contribution in [2.24, 2.45) is 10.9 Å². The molecule has 1 aliphatic rings. The maximum atomic E-state index is 6.14. The second-order valence-corrected chi connectivity index (χ2v) is 7.74. The molecule has 0 radical (unpaired) electrons. The highest BCUT2D eigenvalue weighted by atomic mass is 127. The monoisotopic (exact) mass is 523 g/mol. The van der Waals surface area contributed by atoms with Crippen LogP contribution in [0.2, 0.25) is 0 Å². The smallest absolute Gasteiger partial charge is 0.191 e. The van der Waals surface area contributed by atoms with E-state index >= 15 is 0 Å². The first kappa shape index (κ1) is 24.5. The first-order chi connectivity index (χ1) is 14.1. The fourth-order valence-corrected chi connectivity index (χ4v) is 3.46. The van der Waals surface area contributed by atoms with Crippen molar-refractivity contribution in [1.29, 1.82) is 0 Å². The molecule has 1 fully saturated rings. The van der Waals surface area contributed by atoms with E-state index in [0.717, 1.165) is 49.9 Å². The lowest BCUT2D eigenvalue weighted by Crippen LogP contribution is -2.38. The van der Waals surface area contributed by atoms with E-state index < -0.39 is 0 Å². The number of aliphatic imine (C=N–C) groups is 1. The van der Waals surface area contributed by atoms with Crippen LogP contribution in [0.15, 0.2) is 47.5 Å². The van der Waals surface area contributed by atoms with Gasteiger partial charge in [0.2, 0.25) is 0 Å². The van der Waals surface area contributed by atoms with Crippen molar-refractivity contribution in [3.05, 3.63) is 64.7 Å². The summed E-state index contributed by atoms with van der Waals surface area (Å²) in [5.74, 6) is 2.24. The summed E-state index contributed by atoms with van der Waals surface area (Å²) in [4.78, 5) is 4.35. The average Bonchev–Trinajstić information content (AvgIpc) is 3.23. The molecule has 0 amide bonds. The van der Waals surface area contributed by atoms with Gasteiger partial charge < -0.3 is 20.1 Å². The number of hydrogen-bond donors (Lipinski definition) is 2. The Morgan fingerprint density at radius 3 is 2.70 bits per heavy atom. The van der Waals surface area contributed by atoms with Gasteiger partial charge in [0.1, 0.15) is 5.75 Å². The van der Waals surface area contributed by atoms with E-state index in [-0.39, 0.29) is 24.0 Å². The Morgan fingerprint density at radius 2 is 1.97 bits per heavy atom. The Morgan fingerprint density at radius 1 is 1.13 bits per heavy atom. The summed E-state index contributed by atoms with van der Waals surface area (Å²) in [6, 6.07) is 15.0. The molecule has 0 aliphatic carbocycles. The molecule has 2 aromatic rings. The first-order valence-corrected chi connectivity index (χ1v) is 10.4. The summed E-state index contributed by atoms with van der Waals surface area (Å²) < 4.78 is 11.6. The molecule has 1 aliphatic heterocycles. The molecule has 0 saturated carbocycles. The van der Waals surface area contributed by atoms with E-state index in [9.17, 15) is 0 Å².